The molecule has 1 spiro atoms. The van der Waals surface area contributed by atoms with Gasteiger partial charge in [-0.3, -0.25) is 4.79 Å². The topological polar surface area (TPSA) is 55.1 Å². The van der Waals surface area contributed by atoms with Crippen molar-refractivity contribution in [3.05, 3.63) is 34.1 Å². The number of nitrogens with two attached hydrogens (primary N) is 1. The van der Waals surface area contributed by atoms with Crippen molar-refractivity contribution in [1.29, 1.82) is 0 Å². The Kier molecular flexibility index (Phi) is 4.18. The summed E-state index contributed by atoms with van der Waals surface area (Å²) in [6, 6.07) is 2.90. The second-order valence-electron chi connectivity index (χ2n) is 7.61. The van der Waals surface area contributed by atoms with Crippen LogP contribution < -0.4 is 11.1 Å². The molecular weight excluding hydrogens is 315 g/mol. The fraction of sp³-hybridized carbons (Fsp3) is 0.611. The van der Waals surface area contributed by atoms with E-state index in [0.717, 1.165) is 24.8 Å². The number of carbonyl (C=O) groups excluding carboxylic acids is 1. The number of benzene rings is 1. The van der Waals surface area contributed by atoms with Gasteiger partial charge < -0.3 is 11.1 Å². The van der Waals surface area contributed by atoms with Gasteiger partial charge in [0.2, 0.25) is 5.91 Å². The van der Waals surface area contributed by atoms with Crippen LogP contribution >= 0.6 is 11.6 Å². The molecule has 0 saturated heterocycles. The lowest BCUT2D eigenvalue weighted by Crippen LogP contribution is -2.42. The van der Waals surface area contributed by atoms with E-state index >= 15 is 0 Å². The van der Waals surface area contributed by atoms with Crippen molar-refractivity contribution in [2.75, 3.05) is 0 Å². The summed E-state index contributed by atoms with van der Waals surface area (Å²) in [5.41, 5.74) is 7.19. The van der Waals surface area contributed by atoms with Gasteiger partial charge in [-0.1, -0.05) is 31.5 Å². The van der Waals surface area contributed by atoms with Crippen LogP contribution in [0.15, 0.2) is 12.1 Å². The Morgan fingerprint density at radius 2 is 2.04 bits per heavy atom. The predicted octanol–water partition coefficient (Wildman–Crippen LogP) is 3.73. The van der Waals surface area contributed by atoms with E-state index in [9.17, 15) is 9.18 Å². The van der Waals surface area contributed by atoms with Crippen LogP contribution in [-0.2, 0) is 4.79 Å². The Balaban J connectivity index is 1.79. The SMILES string of the molecule is Cc1ccc(F)c(C(NC(=O)C2CC23CC(N)C3)C(C)C)c1Cl. The maximum absolute atomic E-state index is 14.3. The van der Waals surface area contributed by atoms with Gasteiger partial charge in [0.05, 0.1) is 11.1 Å². The zero-order chi connectivity index (χ0) is 16.9. The van der Waals surface area contributed by atoms with E-state index in [1.54, 1.807) is 6.07 Å². The van der Waals surface area contributed by atoms with Gasteiger partial charge >= 0.3 is 0 Å². The van der Waals surface area contributed by atoms with E-state index in [0.29, 0.717) is 10.6 Å². The van der Waals surface area contributed by atoms with Crippen molar-refractivity contribution in [3.63, 3.8) is 0 Å². The Bertz CT molecular complexity index is 640. The summed E-state index contributed by atoms with van der Waals surface area (Å²) in [7, 11) is 0. The van der Waals surface area contributed by atoms with Gasteiger partial charge in [-0.2, -0.15) is 0 Å². The average molecular weight is 339 g/mol. The number of hydrogen-bond donors (Lipinski definition) is 2. The Hall–Kier alpha value is -1.13. The molecule has 1 aromatic carbocycles. The van der Waals surface area contributed by atoms with Gasteiger partial charge in [-0.05, 0) is 49.1 Å². The van der Waals surface area contributed by atoms with Crippen molar-refractivity contribution >= 4 is 17.5 Å². The zero-order valence-electron chi connectivity index (χ0n) is 13.8. The highest BCUT2D eigenvalue weighted by Gasteiger charge is 2.63. The van der Waals surface area contributed by atoms with Crippen molar-refractivity contribution in [2.45, 2.75) is 52.1 Å². The normalized spacial score (nSPS) is 30.2. The number of hydrogen-bond acceptors (Lipinski definition) is 2. The Labute approximate surface area is 141 Å². The van der Waals surface area contributed by atoms with E-state index in [-0.39, 0.29) is 35.0 Å². The third kappa shape index (κ3) is 2.87. The molecule has 0 aliphatic heterocycles. The predicted molar refractivity (Wildman–Crippen MR) is 89.6 cm³/mol. The first kappa shape index (κ1) is 16.7. The number of nitrogens with one attached hydrogen (secondary N) is 1. The highest BCUT2D eigenvalue weighted by Crippen LogP contribution is 2.65. The second-order valence-corrected chi connectivity index (χ2v) is 7.99. The molecule has 3 nitrogen and oxygen atoms in total. The quantitative estimate of drug-likeness (QED) is 0.879. The third-order valence-corrected chi connectivity index (χ3v) is 5.94. The summed E-state index contributed by atoms with van der Waals surface area (Å²) in [5, 5.41) is 3.44. The van der Waals surface area contributed by atoms with Crippen LogP contribution in [0.25, 0.3) is 0 Å². The minimum absolute atomic E-state index is 0.00701. The van der Waals surface area contributed by atoms with Crippen LogP contribution in [-0.4, -0.2) is 11.9 Å². The van der Waals surface area contributed by atoms with Gasteiger partial charge in [0.15, 0.2) is 0 Å². The zero-order valence-corrected chi connectivity index (χ0v) is 14.6. The van der Waals surface area contributed by atoms with Crippen LogP contribution in [0, 0.1) is 30.0 Å². The summed E-state index contributed by atoms with van der Waals surface area (Å²) in [6.45, 7) is 5.77. The Morgan fingerprint density at radius 1 is 1.39 bits per heavy atom. The third-order valence-electron chi connectivity index (χ3n) is 5.44. The molecule has 5 heteroatoms. The summed E-state index contributed by atoms with van der Waals surface area (Å²) in [6.07, 6.45) is 2.76. The first-order valence-electron chi connectivity index (χ1n) is 8.25. The summed E-state index contributed by atoms with van der Waals surface area (Å²) < 4.78 is 14.3. The van der Waals surface area contributed by atoms with Crippen LogP contribution in [0.2, 0.25) is 5.02 Å². The molecule has 2 unspecified atom stereocenters. The lowest BCUT2D eigenvalue weighted by Gasteiger charge is -2.34. The van der Waals surface area contributed by atoms with Gasteiger partial charge in [0.25, 0.3) is 0 Å². The maximum Gasteiger partial charge on any atom is 0.224 e. The molecule has 0 bridgehead atoms. The minimum Gasteiger partial charge on any atom is -0.349 e. The van der Waals surface area contributed by atoms with Crippen molar-refractivity contribution in [2.24, 2.45) is 23.0 Å². The van der Waals surface area contributed by atoms with Crippen LogP contribution in [0.3, 0.4) is 0 Å². The average Bonchev–Trinajstić information content (AvgIpc) is 3.17. The highest BCUT2D eigenvalue weighted by atomic mass is 35.5. The molecule has 2 atom stereocenters. The largest absolute Gasteiger partial charge is 0.349 e. The molecule has 0 radical (unpaired) electrons. The number of rotatable bonds is 4. The molecule has 23 heavy (non-hydrogen) atoms. The molecule has 3 N–H and O–H groups in total. The van der Waals surface area contributed by atoms with E-state index in [1.807, 2.05) is 20.8 Å². The van der Waals surface area contributed by atoms with Crippen molar-refractivity contribution in [1.82, 2.24) is 5.32 Å². The molecule has 0 aromatic heterocycles. The lowest BCUT2D eigenvalue weighted by atomic mass is 9.75. The number of aryl methyl sites for hydroxylation is 1. The molecular formula is C18H24ClFN2O. The van der Waals surface area contributed by atoms with E-state index in [4.69, 9.17) is 17.3 Å². The molecule has 2 saturated carbocycles. The lowest BCUT2D eigenvalue weighted by molar-refractivity contribution is -0.124. The molecule has 2 aliphatic rings. The van der Waals surface area contributed by atoms with Gasteiger partial charge in [-0.25, -0.2) is 4.39 Å². The second kappa shape index (κ2) is 5.75. The maximum atomic E-state index is 14.3. The summed E-state index contributed by atoms with van der Waals surface area (Å²) in [4.78, 5) is 12.6. The van der Waals surface area contributed by atoms with Crippen LogP contribution in [0.1, 0.15) is 50.3 Å². The molecule has 1 aromatic rings. The first-order chi connectivity index (χ1) is 10.7. The van der Waals surface area contributed by atoms with Crippen molar-refractivity contribution < 1.29 is 9.18 Å². The number of halogens is 2. The molecule has 3 rings (SSSR count). The minimum atomic E-state index is -0.415. The van der Waals surface area contributed by atoms with E-state index in [2.05, 4.69) is 5.32 Å². The summed E-state index contributed by atoms with van der Waals surface area (Å²) in [5.74, 6) is -0.287. The smallest absolute Gasteiger partial charge is 0.224 e. The fourth-order valence-corrected chi connectivity index (χ4v) is 4.21. The van der Waals surface area contributed by atoms with Crippen LogP contribution in [0.5, 0.6) is 0 Å². The van der Waals surface area contributed by atoms with Crippen LogP contribution in [0.4, 0.5) is 4.39 Å². The first-order valence-corrected chi connectivity index (χ1v) is 8.63. The Morgan fingerprint density at radius 3 is 2.61 bits per heavy atom. The van der Waals surface area contributed by atoms with Crippen molar-refractivity contribution in [3.8, 4) is 0 Å². The number of carbonyl (C=O) groups is 1. The number of amides is 1. The molecule has 2 fully saturated rings. The highest BCUT2D eigenvalue weighted by molar-refractivity contribution is 6.32. The van der Waals surface area contributed by atoms with E-state index in [1.165, 1.54) is 6.07 Å². The monoisotopic (exact) mass is 338 g/mol. The molecule has 1 amide bonds. The molecule has 126 valence electrons. The van der Waals surface area contributed by atoms with E-state index < -0.39 is 6.04 Å². The molecule has 0 heterocycles. The van der Waals surface area contributed by atoms with Gasteiger partial charge in [0.1, 0.15) is 5.82 Å². The summed E-state index contributed by atoms with van der Waals surface area (Å²) >= 11 is 6.32. The van der Waals surface area contributed by atoms with Gasteiger partial charge in [-0.15, -0.1) is 0 Å². The van der Waals surface area contributed by atoms with Gasteiger partial charge in [0, 0.05) is 17.5 Å². The standard InChI is InChI=1S/C18H24ClFN2O/c1-9(2)16(14-13(20)5-4-10(3)15(14)19)22-17(23)12-8-18(12)6-11(21)7-18/h4-5,9,11-12,16H,6-8,21H2,1-3H3,(H,22,23). The fourth-order valence-electron chi connectivity index (χ4n) is 3.94. The molecule has 2 aliphatic carbocycles.